The number of hydrogen-bond donors (Lipinski definition) is 1. The van der Waals surface area contributed by atoms with Gasteiger partial charge in [0.15, 0.2) is 0 Å². The number of carbonyl (C=O) groups is 1. The summed E-state index contributed by atoms with van der Waals surface area (Å²) in [5.41, 5.74) is -0.223. The minimum atomic E-state index is -3.57. The SMILES string of the molecule is O=C(CN1CCN(S(=O)(=O)c2ccccc2)CC1)Nc1cc(Cl)ccc1[N+](=O)[O-]. The van der Waals surface area contributed by atoms with Crippen LogP contribution < -0.4 is 5.32 Å². The molecule has 0 radical (unpaired) electrons. The van der Waals surface area contributed by atoms with Gasteiger partial charge in [-0.05, 0) is 24.3 Å². The van der Waals surface area contributed by atoms with E-state index < -0.39 is 20.9 Å². The van der Waals surface area contributed by atoms with Gasteiger partial charge in [0.25, 0.3) is 5.69 Å². The van der Waals surface area contributed by atoms with E-state index in [1.165, 1.54) is 22.5 Å². The van der Waals surface area contributed by atoms with Crippen LogP contribution in [0, 0.1) is 10.1 Å². The van der Waals surface area contributed by atoms with Gasteiger partial charge in [-0.1, -0.05) is 29.8 Å². The molecule has 11 heteroatoms. The Morgan fingerprint density at radius 1 is 1.10 bits per heavy atom. The second-order valence-corrected chi connectivity index (χ2v) is 8.83. The molecule has 154 valence electrons. The second kappa shape index (κ2) is 8.87. The Morgan fingerprint density at radius 2 is 1.76 bits per heavy atom. The van der Waals surface area contributed by atoms with Crippen LogP contribution in [0.4, 0.5) is 11.4 Å². The Bertz CT molecular complexity index is 1010. The largest absolute Gasteiger partial charge is 0.319 e. The molecule has 1 aliphatic rings. The fraction of sp³-hybridized carbons (Fsp3) is 0.278. The number of sulfonamides is 1. The summed E-state index contributed by atoms with van der Waals surface area (Å²) < 4.78 is 26.7. The van der Waals surface area contributed by atoms with Gasteiger partial charge >= 0.3 is 0 Å². The normalized spacial score (nSPS) is 15.8. The first-order valence-electron chi connectivity index (χ1n) is 8.79. The lowest BCUT2D eigenvalue weighted by molar-refractivity contribution is -0.383. The van der Waals surface area contributed by atoms with Crippen LogP contribution in [-0.4, -0.2) is 61.2 Å². The Balaban J connectivity index is 1.58. The highest BCUT2D eigenvalue weighted by molar-refractivity contribution is 7.89. The lowest BCUT2D eigenvalue weighted by Gasteiger charge is -2.33. The topological polar surface area (TPSA) is 113 Å². The molecule has 1 fully saturated rings. The predicted octanol–water partition coefficient (Wildman–Crippen LogP) is 2.19. The zero-order valence-corrected chi connectivity index (χ0v) is 16.9. The highest BCUT2D eigenvalue weighted by atomic mass is 35.5. The van der Waals surface area contributed by atoms with Crippen molar-refractivity contribution in [3.63, 3.8) is 0 Å². The number of hydrogen-bond acceptors (Lipinski definition) is 6. The molecule has 0 unspecified atom stereocenters. The van der Waals surface area contributed by atoms with Gasteiger partial charge in [-0.2, -0.15) is 4.31 Å². The van der Waals surface area contributed by atoms with Gasteiger partial charge in [0.1, 0.15) is 5.69 Å². The number of piperazine rings is 1. The van der Waals surface area contributed by atoms with Crippen molar-refractivity contribution in [3.8, 4) is 0 Å². The molecule has 1 aliphatic heterocycles. The number of halogens is 1. The molecule has 29 heavy (non-hydrogen) atoms. The summed E-state index contributed by atoms with van der Waals surface area (Å²) in [5.74, 6) is -0.435. The predicted molar refractivity (Wildman–Crippen MR) is 108 cm³/mol. The fourth-order valence-electron chi connectivity index (χ4n) is 3.03. The Hall–Kier alpha value is -2.53. The van der Waals surface area contributed by atoms with E-state index in [0.29, 0.717) is 13.1 Å². The summed E-state index contributed by atoms with van der Waals surface area (Å²) >= 11 is 5.86. The van der Waals surface area contributed by atoms with Crippen molar-refractivity contribution in [3.05, 3.63) is 63.7 Å². The van der Waals surface area contributed by atoms with E-state index in [4.69, 9.17) is 11.6 Å². The van der Waals surface area contributed by atoms with Crippen molar-refractivity contribution < 1.29 is 18.1 Å². The quantitative estimate of drug-likeness (QED) is 0.546. The van der Waals surface area contributed by atoms with E-state index in [-0.39, 0.29) is 40.9 Å². The maximum Gasteiger partial charge on any atom is 0.292 e. The van der Waals surface area contributed by atoms with Gasteiger partial charge in [0, 0.05) is 37.3 Å². The summed E-state index contributed by atoms with van der Waals surface area (Å²) in [6.45, 7) is 1.24. The van der Waals surface area contributed by atoms with E-state index >= 15 is 0 Å². The lowest BCUT2D eigenvalue weighted by atomic mass is 10.2. The van der Waals surface area contributed by atoms with E-state index in [1.54, 1.807) is 35.2 Å². The Morgan fingerprint density at radius 3 is 2.38 bits per heavy atom. The third-order valence-corrected chi connectivity index (χ3v) is 6.66. The fourth-order valence-corrected chi connectivity index (χ4v) is 4.65. The number of benzene rings is 2. The Kier molecular flexibility index (Phi) is 6.48. The maximum atomic E-state index is 12.6. The van der Waals surface area contributed by atoms with Crippen LogP contribution in [-0.2, 0) is 14.8 Å². The first-order valence-corrected chi connectivity index (χ1v) is 10.6. The van der Waals surface area contributed by atoms with Crippen LogP contribution in [0.3, 0.4) is 0 Å². The van der Waals surface area contributed by atoms with Crippen LogP contribution in [0.15, 0.2) is 53.4 Å². The Labute approximate surface area is 173 Å². The number of nitrogens with zero attached hydrogens (tertiary/aromatic N) is 3. The summed E-state index contributed by atoms with van der Waals surface area (Å²) in [4.78, 5) is 24.8. The molecule has 0 saturated carbocycles. The molecule has 0 atom stereocenters. The van der Waals surface area contributed by atoms with Crippen LogP contribution in [0.2, 0.25) is 5.02 Å². The molecule has 0 spiro atoms. The lowest BCUT2D eigenvalue weighted by Crippen LogP contribution is -2.50. The summed E-state index contributed by atoms with van der Waals surface area (Å²) in [7, 11) is -3.57. The second-order valence-electron chi connectivity index (χ2n) is 6.46. The molecule has 1 saturated heterocycles. The van der Waals surface area contributed by atoms with Crippen LogP contribution in [0.25, 0.3) is 0 Å². The molecule has 0 aliphatic carbocycles. The van der Waals surface area contributed by atoms with E-state index in [9.17, 15) is 23.3 Å². The van der Waals surface area contributed by atoms with E-state index in [2.05, 4.69) is 5.32 Å². The highest BCUT2D eigenvalue weighted by Crippen LogP contribution is 2.27. The molecule has 9 nitrogen and oxygen atoms in total. The average Bonchev–Trinajstić information content (AvgIpc) is 2.69. The first kappa shape index (κ1) is 21.2. The number of amides is 1. The number of nitrogens with one attached hydrogen (secondary N) is 1. The van der Waals surface area contributed by atoms with Gasteiger partial charge < -0.3 is 5.32 Å². The third kappa shape index (κ3) is 5.10. The number of carbonyl (C=O) groups excluding carboxylic acids is 1. The zero-order valence-electron chi connectivity index (χ0n) is 15.3. The van der Waals surface area contributed by atoms with E-state index in [1.807, 2.05) is 0 Å². The molecule has 1 amide bonds. The number of nitro groups is 1. The number of nitro benzene ring substituents is 1. The number of rotatable bonds is 6. The van der Waals surface area contributed by atoms with Crippen molar-refractivity contribution in [2.24, 2.45) is 0 Å². The standard InChI is InChI=1S/C18H19ClN4O5S/c19-14-6-7-17(23(25)26)16(12-14)20-18(24)13-21-8-10-22(11-9-21)29(27,28)15-4-2-1-3-5-15/h1-7,12H,8-11,13H2,(H,20,24). The number of anilines is 1. The molecule has 2 aromatic rings. The van der Waals surface area contributed by atoms with Crippen LogP contribution in [0.5, 0.6) is 0 Å². The van der Waals surface area contributed by atoms with Crippen molar-refractivity contribution in [2.45, 2.75) is 4.90 Å². The molecule has 3 rings (SSSR count). The molecule has 2 aromatic carbocycles. The van der Waals surface area contributed by atoms with Crippen molar-refractivity contribution in [1.82, 2.24) is 9.21 Å². The van der Waals surface area contributed by atoms with Gasteiger partial charge in [0.2, 0.25) is 15.9 Å². The van der Waals surface area contributed by atoms with Crippen molar-refractivity contribution in [1.29, 1.82) is 0 Å². The molecule has 1 N–H and O–H groups in total. The van der Waals surface area contributed by atoms with Crippen LogP contribution >= 0.6 is 11.6 Å². The summed E-state index contributed by atoms with van der Waals surface area (Å²) in [5, 5.41) is 13.9. The zero-order chi connectivity index (χ0) is 21.0. The van der Waals surface area contributed by atoms with Crippen LogP contribution in [0.1, 0.15) is 0 Å². The monoisotopic (exact) mass is 438 g/mol. The average molecular weight is 439 g/mol. The maximum absolute atomic E-state index is 12.6. The first-order chi connectivity index (χ1) is 13.8. The summed E-state index contributed by atoms with van der Waals surface area (Å²) in [6, 6.07) is 12.1. The molecule has 0 bridgehead atoms. The van der Waals surface area contributed by atoms with Gasteiger partial charge in [-0.15, -0.1) is 0 Å². The minimum absolute atomic E-state index is 0.0110. The molecular formula is C18H19ClN4O5S. The highest BCUT2D eigenvalue weighted by Gasteiger charge is 2.29. The molecule has 1 heterocycles. The van der Waals surface area contributed by atoms with Gasteiger partial charge in [-0.25, -0.2) is 8.42 Å². The smallest absolute Gasteiger partial charge is 0.292 e. The minimum Gasteiger partial charge on any atom is -0.319 e. The van der Waals surface area contributed by atoms with Crippen molar-refractivity contribution >= 4 is 38.9 Å². The van der Waals surface area contributed by atoms with Gasteiger partial charge in [0.05, 0.1) is 16.4 Å². The summed E-state index contributed by atoms with van der Waals surface area (Å²) in [6.07, 6.45) is 0. The third-order valence-electron chi connectivity index (χ3n) is 4.51. The van der Waals surface area contributed by atoms with Gasteiger partial charge in [-0.3, -0.25) is 19.8 Å². The molecule has 0 aromatic heterocycles. The molecular weight excluding hydrogens is 420 g/mol. The van der Waals surface area contributed by atoms with E-state index in [0.717, 1.165) is 0 Å². The van der Waals surface area contributed by atoms with Crippen molar-refractivity contribution in [2.75, 3.05) is 38.0 Å².